The van der Waals surface area contributed by atoms with Crippen molar-refractivity contribution in [3.63, 3.8) is 0 Å². The van der Waals surface area contributed by atoms with Gasteiger partial charge in [-0.1, -0.05) is 217 Å². The topological polar surface area (TPSA) is 110 Å². The maximum absolute atomic E-state index is 12.5. The Morgan fingerprint density at radius 2 is 0.786 bits per heavy atom. The lowest BCUT2D eigenvalue weighted by Crippen LogP contribution is -2.53. The third-order valence-corrected chi connectivity index (χ3v) is 11.4. The first-order valence-corrected chi connectivity index (χ1v) is 24.4. The first-order chi connectivity index (χ1) is 27.5. The van der Waals surface area contributed by atoms with Gasteiger partial charge < -0.3 is 25.7 Å². The maximum Gasteiger partial charge on any atom is 0.249 e. The van der Waals surface area contributed by atoms with Gasteiger partial charge in [-0.15, -0.1) is 0 Å². The van der Waals surface area contributed by atoms with Crippen LogP contribution in [0.3, 0.4) is 0 Å². The molecule has 0 aliphatic heterocycles. The summed E-state index contributed by atoms with van der Waals surface area (Å²) < 4.78 is 0. The van der Waals surface area contributed by atoms with Crippen LogP contribution in [0.5, 0.6) is 0 Å². The maximum atomic E-state index is 12.5. The fraction of sp³-hybridized carbons (Fsp3) is 0.860. The van der Waals surface area contributed by atoms with Crippen LogP contribution in [-0.2, 0) is 4.79 Å². The standard InChI is InChI=1S/C50H95NO5/c1-3-5-7-9-11-13-15-17-19-20-21-22-23-24-25-26-27-28-29-30-32-33-35-37-39-41-43-47(53)49(55)46(45-52)51-50(56)48(54)44-42-40-38-36-34-31-18-16-14-12-10-8-6-4-2/h12,14,16,18,35,37,46-49,52-55H,3-11,13,15,17,19-34,36,38-45H2,1-2H3,(H,51,56)/b14-12-,18-16-,37-35+. The minimum absolute atomic E-state index is 0.345. The third kappa shape index (κ3) is 38.1. The van der Waals surface area contributed by atoms with E-state index < -0.39 is 36.9 Å². The smallest absolute Gasteiger partial charge is 0.249 e. The van der Waals surface area contributed by atoms with E-state index >= 15 is 0 Å². The lowest BCUT2D eigenvalue weighted by molar-refractivity contribution is -0.132. The molecule has 0 aromatic heterocycles. The second-order valence-corrected chi connectivity index (χ2v) is 16.8. The Morgan fingerprint density at radius 1 is 0.446 bits per heavy atom. The number of hydrogen-bond donors (Lipinski definition) is 5. The molecule has 0 bridgehead atoms. The van der Waals surface area contributed by atoms with Gasteiger partial charge in [0, 0.05) is 0 Å². The van der Waals surface area contributed by atoms with Crippen molar-refractivity contribution in [2.24, 2.45) is 0 Å². The Hall–Kier alpha value is -1.47. The predicted molar refractivity (Wildman–Crippen MR) is 242 cm³/mol. The number of aliphatic hydroxyl groups excluding tert-OH is 4. The molecule has 6 heteroatoms. The molecule has 0 aliphatic carbocycles. The Bertz CT molecular complexity index is 889. The van der Waals surface area contributed by atoms with Crippen molar-refractivity contribution in [1.29, 1.82) is 0 Å². The molecule has 0 aliphatic rings. The number of unbranched alkanes of at least 4 members (excludes halogenated alkanes) is 30. The first-order valence-electron chi connectivity index (χ1n) is 24.4. The molecule has 1 amide bonds. The number of rotatable bonds is 44. The second kappa shape index (κ2) is 44.6. The van der Waals surface area contributed by atoms with Gasteiger partial charge in [0.25, 0.3) is 0 Å². The van der Waals surface area contributed by atoms with Gasteiger partial charge in [-0.05, 0) is 64.2 Å². The van der Waals surface area contributed by atoms with Crippen molar-refractivity contribution >= 4 is 5.91 Å². The first kappa shape index (κ1) is 54.5. The number of hydrogen-bond acceptors (Lipinski definition) is 5. The van der Waals surface area contributed by atoms with E-state index in [0.29, 0.717) is 12.8 Å². The normalized spacial score (nSPS) is 14.3. The van der Waals surface area contributed by atoms with E-state index in [4.69, 9.17) is 0 Å². The number of carbonyl (C=O) groups is 1. The van der Waals surface area contributed by atoms with Crippen LogP contribution in [0, 0.1) is 0 Å². The molecule has 4 unspecified atom stereocenters. The van der Waals surface area contributed by atoms with Gasteiger partial charge in [-0.3, -0.25) is 4.79 Å². The second-order valence-electron chi connectivity index (χ2n) is 16.8. The highest BCUT2D eigenvalue weighted by Gasteiger charge is 2.28. The monoisotopic (exact) mass is 790 g/mol. The fourth-order valence-corrected chi connectivity index (χ4v) is 7.45. The van der Waals surface area contributed by atoms with E-state index in [1.54, 1.807) is 0 Å². The van der Waals surface area contributed by atoms with Crippen LogP contribution < -0.4 is 5.32 Å². The van der Waals surface area contributed by atoms with E-state index in [2.05, 4.69) is 55.6 Å². The average molecular weight is 790 g/mol. The predicted octanol–water partition coefficient (Wildman–Crippen LogP) is 13.3. The summed E-state index contributed by atoms with van der Waals surface area (Å²) in [6.07, 6.45) is 53.4. The van der Waals surface area contributed by atoms with Gasteiger partial charge in [0.15, 0.2) is 0 Å². The van der Waals surface area contributed by atoms with Crippen molar-refractivity contribution in [3.8, 4) is 0 Å². The molecule has 0 saturated heterocycles. The zero-order valence-electron chi connectivity index (χ0n) is 37.1. The molecule has 0 saturated carbocycles. The molecule has 0 aromatic rings. The summed E-state index contributed by atoms with van der Waals surface area (Å²) in [7, 11) is 0. The summed E-state index contributed by atoms with van der Waals surface area (Å²) >= 11 is 0. The van der Waals surface area contributed by atoms with Crippen LogP contribution >= 0.6 is 0 Å². The molecule has 0 fully saturated rings. The largest absolute Gasteiger partial charge is 0.394 e. The summed E-state index contributed by atoms with van der Waals surface area (Å²) in [6.45, 7) is 4.01. The number of nitrogens with one attached hydrogen (secondary N) is 1. The van der Waals surface area contributed by atoms with Crippen molar-refractivity contribution in [2.75, 3.05) is 6.61 Å². The molecule has 330 valence electrons. The van der Waals surface area contributed by atoms with Crippen LogP contribution in [-0.4, -0.2) is 57.3 Å². The van der Waals surface area contributed by atoms with E-state index in [-0.39, 0.29) is 0 Å². The zero-order chi connectivity index (χ0) is 41.0. The summed E-state index contributed by atoms with van der Waals surface area (Å²) in [4.78, 5) is 12.5. The van der Waals surface area contributed by atoms with E-state index in [1.807, 2.05) is 0 Å². The molecule has 6 nitrogen and oxygen atoms in total. The van der Waals surface area contributed by atoms with Gasteiger partial charge in [-0.25, -0.2) is 0 Å². The van der Waals surface area contributed by atoms with Crippen LogP contribution in [0.15, 0.2) is 36.5 Å². The van der Waals surface area contributed by atoms with Gasteiger partial charge in [-0.2, -0.15) is 0 Å². The summed E-state index contributed by atoms with van der Waals surface area (Å²) in [6, 6.07) is -1.01. The van der Waals surface area contributed by atoms with Crippen LogP contribution in [0.25, 0.3) is 0 Å². The molecular weight excluding hydrogens is 695 g/mol. The Kier molecular flexibility index (Phi) is 43.5. The highest BCUT2D eigenvalue weighted by molar-refractivity contribution is 5.80. The molecule has 5 N–H and O–H groups in total. The molecule has 0 heterocycles. The Balaban J connectivity index is 3.70. The molecule has 56 heavy (non-hydrogen) atoms. The summed E-state index contributed by atoms with van der Waals surface area (Å²) in [5.41, 5.74) is 0. The lowest BCUT2D eigenvalue weighted by atomic mass is 10.00. The van der Waals surface area contributed by atoms with Crippen LogP contribution in [0.4, 0.5) is 0 Å². The summed E-state index contributed by atoms with van der Waals surface area (Å²) in [5, 5.41) is 43.7. The van der Waals surface area contributed by atoms with E-state index in [1.165, 1.54) is 154 Å². The van der Waals surface area contributed by atoms with Crippen molar-refractivity contribution < 1.29 is 25.2 Å². The van der Waals surface area contributed by atoms with Gasteiger partial charge in [0.1, 0.15) is 12.2 Å². The van der Waals surface area contributed by atoms with E-state index in [9.17, 15) is 25.2 Å². The number of amides is 1. The quantitative estimate of drug-likeness (QED) is 0.0240. The van der Waals surface area contributed by atoms with Gasteiger partial charge >= 0.3 is 0 Å². The van der Waals surface area contributed by atoms with Gasteiger partial charge in [0.05, 0.1) is 18.8 Å². The SMILES string of the molecule is CCCCC/C=C\C=C/CCCCCCCC(O)C(=O)NC(CO)C(O)C(O)CCC/C=C/CCCCCCCCCCCCCCCCCCCCCCC. The Morgan fingerprint density at radius 3 is 1.21 bits per heavy atom. The van der Waals surface area contributed by atoms with Crippen molar-refractivity contribution in [2.45, 2.75) is 269 Å². The molecule has 0 rings (SSSR count). The van der Waals surface area contributed by atoms with Crippen LogP contribution in [0.1, 0.15) is 245 Å². The fourth-order valence-electron chi connectivity index (χ4n) is 7.45. The molecule has 0 radical (unpaired) electrons. The molecular formula is C50H95NO5. The third-order valence-electron chi connectivity index (χ3n) is 11.4. The molecule has 0 aromatic carbocycles. The highest BCUT2D eigenvalue weighted by atomic mass is 16.3. The van der Waals surface area contributed by atoms with E-state index in [0.717, 1.165) is 64.2 Å². The highest BCUT2D eigenvalue weighted by Crippen LogP contribution is 2.16. The van der Waals surface area contributed by atoms with Crippen LogP contribution in [0.2, 0.25) is 0 Å². The minimum Gasteiger partial charge on any atom is -0.394 e. The minimum atomic E-state index is -1.29. The molecule has 0 spiro atoms. The molecule has 4 atom stereocenters. The number of aliphatic hydroxyl groups is 4. The number of allylic oxidation sites excluding steroid dienone is 6. The lowest BCUT2D eigenvalue weighted by Gasteiger charge is -2.27. The number of carbonyl (C=O) groups excluding carboxylic acids is 1. The summed E-state index contributed by atoms with van der Waals surface area (Å²) in [5.74, 6) is -0.605. The van der Waals surface area contributed by atoms with Crippen molar-refractivity contribution in [1.82, 2.24) is 5.32 Å². The Labute approximate surface area is 347 Å². The zero-order valence-corrected chi connectivity index (χ0v) is 37.1. The van der Waals surface area contributed by atoms with Crippen molar-refractivity contribution in [3.05, 3.63) is 36.5 Å². The van der Waals surface area contributed by atoms with Gasteiger partial charge in [0.2, 0.25) is 5.91 Å². The average Bonchev–Trinajstić information content (AvgIpc) is 3.20.